The second kappa shape index (κ2) is 4.88. The van der Waals surface area contributed by atoms with Gasteiger partial charge in [-0.25, -0.2) is 4.21 Å². The van der Waals surface area contributed by atoms with Gasteiger partial charge in [-0.05, 0) is 38.8 Å². The Morgan fingerprint density at radius 1 is 1.31 bits per heavy atom. The second-order valence-corrected chi connectivity index (χ2v) is 8.67. The van der Waals surface area contributed by atoms with Crippen LogP contribution in [0, 0.1) is 4.78 Å². The summed E-state index contributed by atoms with van der Waals surface area (Å²) in [4.78, 5) is 0. The molecule has 0 aliphatic carbocycles. The number of rotatable bonds is 3. The molecule has 2 nitrogen and oxygen atoms in total. The van der Waals surface area contributed by atoms with Gasteiger partial charge in [0.1, 0.15) is 0 Å². The molecule has 0 heterocycles. The van der Waals surface area contributed by atoms with E-state index >= 15 is 0 Å². The quantitative estimate of drug-likeness (QED) is 0.905. The summed E-state index contributed by atoms with van der Waals surface area (Å²) < 4.78 is 20.6. The van der Waals surface area contributed by atoms with Crippen LogP contribution in [0.4, 0.5) is 0 Å². The molecule has 0 fully saturated rings. The molecule has 0 saturated heterocycles. The second-order valence-electron chi connectivity index (χ2n) is 4.83. The predicted molar refractivity (Wildman–Crippen MR) is 73.3 cm³/mol. The standard InChI is InChI=1S/C12H18BrNOS/c1-12(2,3)16(14,15)9-8-10-6-4-5-7-11(10)13/h4-7,14H,8-9H2,1-3H3. The van der Waals surface area contributed by atoms with Crippen LogP contribution in [-0.4, -0.2) is 14.7 Å². The Morgan fingerprint density at radius 3 is 2.38 bits per heavy atom. The van der Waals surface area contributed by atoms with Crippen molar-refractivity contribution in [1.29, 1.82) is 4.78 Å². The van der Waals surface area contributed by atoms with E-state index in [-0.39, 0.29) is 0 Å². The van der Waals surface area contributed by atoms with Gasteiger partial charge in [0.05, 0.1) is 0 Å². The van der Waals surface area contributed by atoms with E-state index < -0.39 is 14.5 Å². The van der Waals surface area contributed by atoms with Crippen molar-refractivity contribution in [3.05, 3.63) is 34.3 Å². The minimum Gasteiger partial charge on any atom is -0.252 e. The molecule has 1 rings (SSSR count). The zero-order valence-electron chi connectivity index (χ0n) is 9.92. The summed E-state index contributed by atoms with van der Waals surface area (Å²) >= 11 is 3.46. The van der Waals surface area contributed by atoms with Crippen molar-refractivity contribution >= 4 is 25.7 Å². The van der Waals surface area contributed by atoms with Crippen LogP contribution in [-0.2, 0) is 16.1 Å². The monoisotopic (exact) mass is 303 g/mol. The molecule has 90 valence electrons. The fourth-order valence-electron chi connectivity index (χ4n) is 1.26. The maximum absolute atomic E-state index is 12.1. The van der Waals surface area contributed by atoms with Gasteiger partial charge in [-0.2, -0.15) is 0 Å². The number of benzene rings is 1. The summed E-state index contributed by atoms with van der Waals surface area (Å²) in [5, 5.41) is 0. The van der Waals surface area contributed by atoms with Gasteiger partial charge in [-0.15, -0.1) is 0 Å². The Kier molecular flexibility index (Phi) is 4.18. The predicted octanol–water partition coefficient (Wildman–Crippen LogP) is 3.84. The van der Waals surface area contributed by atoms with Crippen LogP contribution in [0.25, 0.3) is 0 Å². The van der Waals surface area contributed by atoms with Crippen LogP contribution in [0.5, 0.6) is 0 Å². The molecule has 0 aromatic heterocycles. The van der Waals surface area contributed by atoms with E-state index in [0.717, 1.165) is 10.0 Å². The average Bonchev–Trinajstić information content (AvgIpc) is 2.15. The zero-order valence-corrected chi connectivity index (χ0v) is 12.3. The van der Waals surface area contributed by atoms with Gasteiger partial charge in [0, 0.05) is 24.7 Å². The summed E-state index contributed by atoms with van der Waals surface area (Å²) in [6.45, 7) is 5.59. The molecule has 0 aliphatic rings. The van der Waals surface area contributed by atoms with E-state index in [2.05, 4.69) is 15.9 Å². The molecule has 1 aromatic rings. The molecule has 1 N–H and O–H groups in total. The van der Waals surface area contributed by atoms with Gasteiger partial charge in [0.2, 0.25) is 0 Å². The van der Waals surface area contributed by atoms with Gasteiger partial charge in [0.25, 0.3) is 0 Å². The SMILES string of the molecule is CC(C)(C)S(=N)(=O)CCc1ccccc1Br. The normalized spacial score (nSPS) is 15.8. The molecule has 0 bridgehead atoms. The minimum absolute atomic E-state index is 0.416. The van der Waals surface area contributed by atoms with Crippen LogP contribution >= 0.6 is 15.9 Å². The van der Waals surface area contributed by atoms with Crippen molar-refractivity contribution in [2.75, 3.05) is 5.75 Å². The number of nitrogens with one attached hydrogen (secondary N) is 1. The van der Waals surface area contributed by atoms with Crippen molar-refractivity contribution in [3.63, 3.8) is 0 Å². The van der Waals surface area contributed by atoms with Crippen LogP contribution in [0.15, 0.2) is 28.7 Å². The molecule has 0 aliphatic heterocycles. The van der Waals surface area contributed by atoms with E-state index in [9.17, 15) is 4.21 Å². The minimum atomic E-state index is -2.53. The highest BCUT2D eigenvalue weighted by Crippen LogP contribution is 2.21. The first-order valence-corrected chi connectivity index (χ1v) is 7.75. The number of hydrogen-bond donors (Lipinski definition) is 1. The van der Waals surface area contributed by atoms with E-state index in [1.165, 1.54) is 0 Å². The Labute approximate surface area is 107 Å². The summed E-state index contributed by atoms with van der Waals surface area (Å²) in [5.41, 5.74) is 1.12. The van der Waals surface area contributed by atoms with E-state index in [4.69, 9.17) is 4.78 Å². The lowest BCUT2D eigenvalue weighted by Gasteiger charge is -2.22. The van der Waals surface area contributed by atoms with Crippen molar-refractivity contribution < 1.29 is 4.21 Å². The highest BCUT2D eigenvalue weighted by molar-refractivity contribution is 9.10. The lowest BCUT2D eigenvalue weighted by Crippen LogP contribution is -2.29. The summed E-state index contributed by atoms with van der Waals surface area (Å²) in [6.07, 6.45) is 0.682. The lowest BCUT2D eigenvalue weighted by molar-refractivity contribution is 0.636. The summed E-state index contributed by atoms with van der Waals surface area (Å²) in [6, 6.07) is 7.89. The first-order chi connectivity index (χ1) is 7.24. The van der Waals surface area contributed by atoms with Crippen LogP contribution in [0.2, 0.25) is 0 Å². The molecule has 1 atom stereocenters. The molecule has 1 aromatic carbocycles. The topological polar surface area (TPSA) is 40.9 Å². The van der Waals surface area contributed by atoms with Crippen molar-refractivity contribution in [3.8, 4) is 0 Å². The first-order valence-electron chi connectivity index (χ1n) is 5.23. The van der Waals surface area contributed by atoms with Gasteiger partial charge in [-0.3, -0.25) is 4.78 Å². The van der Waals surface area contributed by atoms with Crippen LogP contribution in [0.1, 0.15) is 26.3 Å². The molecule has 0 spiro atoms. The molecule has 4 heteroatoms. The molecule has 16 heavy (non-hydrogen) atoms. The van der Waals surface area contributed by atoms with Crippen LogP contribution < -0.4 is 0 Å². The lowest BCUT2D eigenvalue weighted by atomic mass is 10.2. The largest absolute Gasteiger partial charge is 0.252 e. The third-order valence-corrected chi connectivity index (χ3v) is 6.14. The van der Waals surface area contributed by atoms with E-state index in [1.54, 1.807) is 0 Å². The number of hydrogen-bond acceptors (Lipinski definition) is 2. The third-order valence-electron chi connectivity index (χ3n) is 2.61. The number of aryl methyl sites for hydroxylation is 1. The molecule has 0 radical (unpaired) electrons. The molecular weight excluding hydrogens is 286 g/mol. The highest BCUT2D eigenvalue weighted by atomic mass is 79.9. The van der Waals surface area contributed by atoms with Gasteiger partial charge in [-0.1, -0.05) is 34.1 Å². The maximum atomic E-state index is 12.1. The van der Waals surface area contributed by atoms with Crippen molar-refractivity contribution in [1.82, 2.24) is 0 Å². The average molecular weight is 304 g/mol. The number of halogens is 1. The van der Waals surface area contributed by atoms with Crippen molar-refractivity contribution in [2.24, 2.45) is 0 Å². The van der Waals surface area contributed by atoms with Gasteiger partial charge < -0.3 is 0 Å². The zero-order chi connectivity index (χ0) is 12.4. The van der Waals surface area contributed by atoms with Gasteiger partial charge in [0.15, 0.2) is 0 Å². The van der Waals surface area contributed by atoms with E-state index in [0.29, 0.717) is 12.2 Å². The Balaban J connectivity index is 2.77. The summed E-state index contributed by atoms with van der Waals surface area (Å²) in [5.74, 6) is 0.416. The maximum Gasteiger partial charge on any atom is 0.0494 e. The highest BCUT2D eigenvalue weighted by Gasteiger charge is 2.24. The van der Waals surface area contributed by atoms with Crippen LogP contribution in [0.3, 0.4) is 0 Å². The van der Waals surface area contributed by atoms with E-state index in [1.807, 2.05) is 45.0 Å². The van der Waals surface area contributed by atoms with Gasteiger partial charge >= 0.3 is 0 Å². The Hall–Kier alpha value is -0.350. The fraction of sp³-hybridized carbons (Fsp3) is 0.500. The smallest absolute Gasteiger partial charge is 0.0494 e. The van der Waals surface area contributed by atoms with Crippen molar-refractivity contribution in [2.45, 2.75) is 31.9 Å². The first kappa shape index (κ1) is 13.7. The fourth-order valence-corrected chi connectivity index (χ4v) is 2.86. The molecular formula is C12H18BrNOS. The molecule has 1 unspecified atom stereocenters. The molecule has 0 saturated carbocycles. The Bertz CT molecular complexity index is 460. The summed E-state index contributed by atoms with van der Waals surface area (Å²) in [7, 11) is -2.53. The Morgan fingerprint density at radius 2 is 1.88 bits per heavy atom. The third kappa shape index (κ3) is 3.32. The molecule has 0 amide bonds.